The van der Waals surface area contributed by atoms with Gasteiger partial charge < -0.3 is 9.31 Å². The van der Waals surface area contributed by atoms with Gasteiger partial charge in [-0.1, -0.05) is 347 Å². The van der Waals surface area contributed by atoms with Crippen LogP contribution in [0.5, 0.6) is 0 Å². The molecule has 0 radical (unpaired) electrons. The predicted molar refractivity (Wildman–Crippen MR) is 439 cm³/mol. The fraction of sp³-hybridized carbons (Fsp3) is 0.0632. The molecule has 1 aliphatic heterocycles. The lowest BCUT2D eigenvalue weighted by Crippen LogP contribution is -2.41. The van der Waals surface area contributed by atoms with Gasteiger partial charge in [0.1, 0.15) is 0 Å². The van der Waals surface area contributed by atoms with E-state index in [0.717, 1.165) is 115 Å². The Morgan fingerprint density at radius 3 is 0.728 bits per heavy atom. The maximum Gasteiger partial charge on any atom is 0.494 e. The first-order chi connectivity index (χ1) is 50.3. The lowest BCUT2D eigenvalue weighted by molar-refractivity contribution is 0.00578. The van der Waals surface area contributed by atoms with Gasteiger partial charge >= 0.3 is 7.12 Å². The second-order valence-electron chi connectivity index (χ2n) is 26.7. The minimum Gasteiger partial charge on any atom is -0.399 e. The summed E-state index contributed by atoms with van der Waals surface area (Å²) in [6.45, 7) is 8.31. The van der Waals surface area contributed by atoms with Crippen molar-refractivity contribution in [3.05, 3.63) is 373 Å². The van der Waals surface area contributed by atoms with E-state index in [2.05, 4.69) is 351 Å². The molecule has 103 heavy (non-hydrogen) atoms. The Labute approximate surface area is 620 Å². The number of aromatic nitrogens is 3. The molecule has 0 unspecified atom stereocenters. The van der Waals surface area contributed by atoms with Crippen LogP contribution in [0.3, 0.4) is 0 Å². The van der Waals surface area contributed by atoms with Gasteiger partial charge in [-0.05, 0) is 159 Å². The largest absolute Gasteiger partial charge is 0.494 e. The van der Waals surface area contributed by atoms with Crippen LogP contribution in [-0.2, 0) is 9.31 Å². The van der Waals surface area contributed by atoms with Crippen LogP contribution in [0.2, 0.25) is 0 Å². The molecule has 0 bridgehead atoms. The zero-order valence-electron chi connectivity index (χ0n) is 57.6. The molecule has 16 aromatic rings. The van der Waals surface area contributed by atoms with Crippen LogP contribution >= 0.6 is 31.9 Å². The van der Waals surface area contributed by atoms with Crippen molar-refractivity contribution < 1.29 is 9.31 Å². The van der Waals surface area contributed by atoms with Gasteiger partial charge in [0, 0.05) is 42.3 Å². The summed E-state index contributed by atoms with van der Waals surface area (Å²) in [5.41, 5.74) is 24.4. The van der Waals surface area contributed by atoms with Crippen LogP contribution in [0, 0.1) is 0 Å². The van der Waals surface area contributed by atoms with E-state index >= 15 is 0 Å². The van der Waals surface area contributed by atoms with E-state index in [4.69, 9.17) is 24.3 Å². The lowest BCUT2D eigenvalue weighted by atomic mass is 9.78. The summed E-state index contributed by atoms with van der Waals surface area (Å²) in [5, 5.41) is 4.94. The summed E-state index contributed by atoms with van der Waals surface area (Å²) in [7, 11) is -0.360. The van der Waals surface area contributed by atoms with E-state index in [0.29, 0.717) is 0 Å². The van der Waals surface area contributed by atoms with E-state index in [1.54, 1.807) is 0 Å². The topological polar surface area (TPSA) is 57.1 Å². The fourth-order valence-electron chi connectivity index (χ4n) is 13.2. The van der Waals surface area contributed by atoms with Gasteiger partial charge in [0.25, 0.3) is 0 Å². The number of hydrogen-bond donors (Lipinski definition) is 0. The van der Waals surface area contributed by atoms with E-state index in [-0.39, 0.29) is 18.3 Å². The van der Waals surface area contributed by atoms with Crippen molar-refractivity contribution in [1.29, 1.82) is 0 Å². The molecule has 1 fully saturated rings. The van der Waals surface area contributed by atoms with Crippen LogP contribution in [0.4, 0.5) is 0 Å². The molecule has 1 aliphatic rings. The van der Waals surface area contributed by atoms with E-state index in [9.17, 15) is 0 Å². The molecule has 0 spiro atoms. The molecule has 0 amide bonds. The van der Waals surface area contributed by atoms with Gasteiger partial charge in [-0.2, -0.15) is 0 Å². The van der Waals surface area contributed by atoms with Crippen LogP contribution < -0.4 is 5.46 Å². The van der Waals surface area contributed by atoms with Crippen LogP contribution in [0.1, 0.15) is 27.7 Å². The van der Waals surface area contributed by atoms with Crippen molar-refractivity contribution in [3.63, 3.8) is 0 Å². The molecular weight excluding hydrogens is 1390 g/mol. The summed E-state index contributed by atoms with van der Waals surface area (Å²) in [6, 6.07) is 128. The summed E-state index contributed by atoms with van der Waals surface area (Å²) in [4.78, 5) is 15.1. The number of pyridine rings is 3. The second kappa shape index (κ2) is 30.1. The first-order valence-corrected chi connectivity index (χ1v) is 36.3. The van der Waals surface area contributed by atoms with Gasteiger partial charge in [0.15, 0.2) is 0 Å². The maximum absolute atomic E-state index is 6.22. The Hall–Kier alpha value is -11.2. The van der Waals surface area contributed by atoms with Crippen LogP contribution in [-0.4, -0.2) is 33.3 Å². The quantitative estimate of drug-likeness (QED) is 0.114. The number of rotatable bonds is 12. The zero-order chi connectivity index (χ0) is 70.3. The lowest BCUT2D eigenvalue weighted by Gasteiger charge is -2.32. The summed E-state index contributed by atoms with van der Waals surface area (Å²) in [6.07, 6.45) is 0. The molecule has 5 nitrogen and oxygen atoms in total. The molecule has 3 aromatic heterocycles. The smallest absolute Gasteiger partial charge is 0.399 e. The van der Waals surface area contributed by atoms with E-state index < -0.39 is 0 Å². The van der Waals surface area contributed by atoms with Gasteiger partial charge in [-0.3, -0.25) is 0 Å². The molecule has 1 saturated heterocycles. The molecule has 0 saturated carbocycles. The molecule has 496 valence electrons. The third kappa shape index (κ3) is 15.1. The molecule has 13 aromatic carbocycles. The molecule has 0 aliphatic carbocycles. The average Bonchev–Trinajstić information content (AvgIpc) is 1.76. The SMILES string of the molecule is Brc1cccc2c(Br)cccc12.CC1(C)OB(c2ccc(-c3cc(-c4ccccc4)nc(-c4ccccc4)c3)cc2)OC1(C)C.c1ccc(-c2cc(-c3ccc(-c4cccc5c(-c6ccc(-c7cc(-c8ccccc8)nc(-c8ccccc8)c7)cc6)cccc45)cc3)cc(-c3ccccc3)n2)cc1. The number of benzene rings is 13. The number of hydrogen-bond acceptors (Lipinski definition) is 5. The third-order valence-corrected chi connectivity index (χ3v) is 20.8. The highest BCUT2D eigenvalue weighted by atomic mass is 79.9. The molecule has 8 heteroatoms. The van der Waals surface area contributed by atoms with Crippen molar-refractivity contribution in [2.75, 3.05) is 0 Å². The van der Waals surface area contributed by atoms with E-state index in [1.165, 1.54) is 43.8 Å². The minimum absolute atomic E-state index is 0.351. The summed E-state index contributed by atoms with van der Waals surface area (Å²) in [5.74, 6) is 0. The molecule has 0 atom stereocenters. The summed E-state index contributed by atoms with van der Waals surface area (Å²) < 4.78 is 14.7. The normalized spacial score (nSPS) is 12.8. The zero-order valence-corrected chi connectivity index (χ0v) is 60.8. The molecule has 4 heterocycles. The number of halogens is 2. The summed E-state index contributed by atoms with van der Waals surface area (Å²) >= 11 is 7.02. The van der Waals surface area contributed by atoms with Crippen molar-refractivity contribution in [2.24, 2.45) is 0 Å². The second-order valence-corrected chi connectivity index (χ2v) is 28.4. The molecular formula is C95H72BBr2N3O2. The van der Waals surface area contributed by atoms with Crippen molar-refractivity contribution in [2.45, 2.75) is 38.9 Å². The Bertz CT molecular complexity index is 5170. The Kier molecular flexibility index (Phi) is 19.8. The Morgan fingerprint density at radius 2 is 0.456 bits per heavy atom. The van der Waals surface area contributed by atoms with Crippen LogP contribution in [0.15, 0.2) is 373 Å². The maximum atomic E-state index is 6.22. The average molecular weight is 1460 g/mol. The first-order valence-electron chi connectivity index (χ1n) is 34.8. The molecule has 0 N–H and O–H groups in total. The van der Waals surface area contributed by atoms with Gasteiger partial charge in [0.05, 0.1) is 45.4 Å². The van der Waals surface area contributed by atoms with Gasteiger partial charge in [-0.25, -0.2) is 15.0 Å². The van der Waals surface area contributed by atoms with Gasteiger partial charge in [0.2, 0.25) is 0 Å². The highest BCUT2D eigenvalue weighted by molar-refractivity contribution is 9.11. The fourth-order valence-corrected chi connectivity index (χ4v) is 14.2. The van der Waals surface area contributed by atoms with Crippen molar-refractivity contribution >= 4 is 66.0 Å². The highest BCUT2D eigenvalue weighted by Crippen LogP contribution is 2.41. The van der Waals surface area contributed by atoms with E-state index in [1.807, 2.05) is 72.8 Å². The number of nitrogens with zero attached hydrogens (tertiary/aromatic N) is 3. The number of fused-ring (bicyclic) bond motifs is 2. The Balaban J connectivity index is 0.000000158. The predicted octanol–water partition coefficient (Wildman–Crippen LogP) is 25.7. The third-order valence-electron chi connectivity index (χ3n) is 19.5. The standard InChI is InChI=1S/C56H38N2.C29H28BNO2.C10H6Br2/c1-5-15-43(16-6-1)53-35-47(36-54(57-53)44-17-7-2-8-18-44)39-27-31-41(32-28-39)49-23-13-26-52-50(24-14-25-51(49)52)42-33-29-40(30-34-42)48-37-55(45-19-9-3-10-20-45)58-56(38-48)46-21-11-4-12-22-46;1-28(2)29(3,4)33-30(32-28)25-17-15-21(16-18-25)24-19-26(22-11-7-5-8-12-22)31-27(20-24)23-13-9-6-10-14-23;11-9-5-1-3-7-8(9)4-2-6-10(7)12/h1-38H;5-20H,1-4H3;1-6H. The first kappa shape index (κ1) is 67.6. The highest BCUT2D eigenvalue weighted by Gasteiger charge is 2.51. The molecule has 17 rings (SSSR count). The minimum atomic E-state index is -0.360. The van der Waals surface area contributed by atoms with Crippen molar-refractivity contribution in [3.8, 4) is 123 Å². The Morgan fingerprint density at radius 1 is 0.223 bits per heavy atom. The van der Waals surface area contributed by atoms with Crippen LogP contribution in [0.25, 0.3) is 145 Å². The van der Waals surface area contributed by atoms with Crippen molar-refractivity contribution in [1.82, 2.24) is 15.0 Å². The van der Waals surface area contributed by atoms with Gasteiger partial charge in [-0.15, -0.1) is 0 Å². The monoisotopic (exact) mass is 1460 g/mol.